The van der Waals surface area contributed by atoms with Gasteiger partial charge in [-0.3, -0.25) is 0 Å². The summed E-state index contributed by atoms with van der Waals surface area (Å²) in [5, 5.41) is 3.23. The Labute approximate surface area is 118 Å². The maximum atomic E-state index is 12.8. The summed E-state index contributed by atoms with van der Waals surface area (Å²) in [4.78, 5) is 0. The summed E-state index contributed by atoms with van der Waals surface area (Å²) in [5.74, 6) is 0.436. The first-order chi connectivity index (χ1) is 9.52. The van der Waals surface area contributed by atoms with Crippen molar-refractivity contribution >= 4 is 0 Å². The number of alkyl halides is 3. The molecule has 1 unspecified atom stereocenters. The Kier molecular flexibility index (Phi) is 5.08. The highest BCUT2D eigenvalue weighted by molar-refractivity contribution is 5.28. The molecule has 0 spiro atoms. The predicted molar refractivity (Wildman–Crippen MR) is 74.4 cm³/mol. The summed E-state index contributed by atoms with van der Waals surface area (Å²) in [7, 11) is 1.84. The Morgan fingerprint density at radius 1 is 1.10 bits per heavy atom. The maximum absolute atomic E-state index is 12.8. The molecule has 0 aliphatic heterocycles. The van der Waals surface area contributed by atoms with Crippen molar-refractivity contribution in [1.82, 2.24) is 5.32 Å². The molecule has 1 aliphatic carbocycles. The van der Waals surface area contributed by atoms with Gasteiger partial charge in [0.2, 0.25) is 0 Å². The fourth-order valence-electron chi connectivity index (χ4n) is 3.23. The molecule has 1 fully saturated rings. The largest absolute Gasteiger partial charge is 0.416 e. The van der Waals surface area contributed by atoms with Crippen LogP contribution in [-0.2, 0) is 6.18 Å². The predicted octanol–water partition coefficient (Wildman–Crippen LogP) is 4.94. The Morgan fingerprint density at radius 3 is 2.30 bits per heavy atom. The van der Waals surface area contributed by atoms with E-state index in [9.17, 15) is 13.2 Å². The normalized spacial score (nSPS) is 19.6. The molecule has 0 aromatic heterocycles. The minimum absolute atomic E-state index is 0.0235. The standard InChI is InChI=1S/C16H22F3N/c1-20-15(12-7-4-2-3-5-8-12)13-9-6-10-14(11-13)16(17,18)19/h6,9-12,15,20H,2-5,7-8H2,1H3. The molecule has 2 rings (SSSR count). The number of rotatable bonds is 3. The van der Waals surface area contributed by atoms with Crippen LogP contribution >= 0.6 is 0 Å². The van der Waals surface area contributed by atoms with Crippen LogP contribution < -0.4 is 5.32 Å². The highest BCUT2D eigenvalue weighted by atomic mass is 19.4. The van der Waals surface area contributed by atoms with Crippen LogP contribution in [-0.4, -0.2) is 7.05 Å². The van der Waals surface area contributed by atoms with Gasteiger partial charge < -0.3 is 5.32 Å². The summed E-state index contributed by atoms with van der Waals surface area (Å²) in [6.07, 6.45) is 2.79. The SMILES string of the molecule is CNC(c1cccc(C(F)(F)F)c1)C1CCCCCC1. The molecule has 1 aromatic rings. The van der Waals surface area contributed by atoms with E-state index in [0.717, 1.165) is 24.5 Å². The number of nitrogens with one attached hydrogen (secondary N) is 1. The number of halogens is 3. The van der Waals surface area contributed by atoms with E-state index in [1.54, 1.807) is 6.07 Å². The van der Waals surface area contributed by atoms with Crippen LogP contribution in [0.5, 0.6) is 0 Å². The van der Waals surface area contributed by atoms with Gasteiger partial charge in [-0.1, -0.05) is 37.8 Å². The minimum atomic E-state index is -4.27. The number of hydrogen-bond donors (Lipinski definition) is 1. The summed E-state index contributed by atoms with van der Waals surface area (Å²) in [6, 6.07) is 5.78. The molecule has 4 heteroatoms. The zero-order chi connectivity index (χ0) is 14.6. The Bertz CT molecular complexity index is 420. The summed E-state index contributed by atoms with van der Waals surface area (Å²) >= 11 is 0. The van der Waals surface area contributed by atoms with E-state index in [1.165, 1.54) is 37.8 Å². The van der Waals surface area contributed by atoms with Gasteiger partial charge >= 0.3 is 6.18 Å². The van der Waals surface area contributed by atoms with E-state index in [1.807, 2.05) is 7.05 Å². The summed E-state index contributed by atoms with van der Waals surface area (Å²) in [5.41, 5.74) is 0.207. The Hall–Kier alpha value is -1.03. The van der Waals surface area contributed by atoms with Crippen LogP contribution in [0.1, 0.15) is 55.7 Å². The minimum Gasteiger partial charge on any atom is -0.313 e. The smallest absolute Gasteiger partial charge is 0.313 e. The van der Waals surface area contributed by atoms with Gasteiger partial charge in [-0.15, -0.1) is 0 Å². The van der Waals surface area contributed by atoms with Crippen molar-refractivity contribution in [2.24, 2.45) is 5.92 Å². The van der Waals surface area contributed by atoms with Crippen molar-refractivity contribution in [3.63, 3.8) is 0 Å². The zero-order valence-corrected chi connectivity index (χ0v) is 11.8. The fraction of sp³-hybridized carbons (Fsp3) is 0.625. The van der Waals surface area contributed by atoms with Crippen molar-refractivity contribution < 1.29 is 13.2 Å². The van der Waals surface area contributed by atoms with E-state index in [2.05, 4.69) is 5.32 Å². The first-order valence-electron chi connectivity index (χ1n) is 7.37. The molecular weight excluding hydrogens is 263 g/mol. The fourth-order valence-corrected chi connectivity index (χ4v) is 3.23. The molecule has 20 heavy (non-hydrogen) atoms. The van der Waals surface area contributed by atoms with Crippen LogP contribution in [0.2, 0.25) is 0 Å². The topological polar surface area (TPSA) is 12.0 Å². The van der Waals surface area contributed by atoms with Crippen LogP contribution in [0.3, 0.4) is 0 Å². The quantitative estimate of drug-likeness (QED) is 0.776. The molecule has 1 nitrogen and oxygen atoms in total. The highest BCUT2D eigenvalue weighted by Gasteiger charge is 2.31. The second-order valence-electron chi connectivity index (χ2n) is 5.64. The molecule has 0 heterocycles. The Morgan fingerprint density at radius 2 is 1.75 bits per heavy atom. The third-order valence-corrected chi connectivity index (χ3v) is 4.26. The van der Waals surface area contributed by atoms with Gasteiger partial charge in [0.25, 0.3) is 0 Å². The lowest BCUT2D eigenvalue weighted by Crippen LogP contribution is -2.25. The van der Waals surface area contributed by atoms with Crippen molar-refractivity contribution in [3.8, 4) is 0 Å². The van der Waals surface area contributed by atoms with Crippen molar-refractivity contribution in [1.29, 1.82) is 0 Å². The molecule has 1 aromatic carbocycles. The van der Waals surface area contributed by atoms with E-state index < -0.39 is 11.7 Å². The van der Waals surface area contributed by atoms with Crippen molar-refractivity contribution in [2.45, 2.75) is 50.7 Å². The van der Waals surface area contributed by atoms with Gasteiger partial charge in [-0.2, -0.15) is 13.2 Å². The molecule has 1 N–H and O–H groups in total. The average molecular weight is 285 g/mol. The molecule has 1 atom stereocenters. The maximum Gasteiger partial charge on any atom is 0.416 e. The average Bonchev–Trinajstić information content (AvgIpc) is 2.68. The van der Waals surface area contributed by atoms with Gasteiger partial charge in [0.05, 0.1) is 5.56 Å². The molecule has 0 bridgehead atoms. The monoisotopic (exact) mass is 285 g/mol. The van der Waals surface area contributed by atoms with E-state index in [0.29, 0.717) is 5.92 Å². The lowest BCUT2D eigenvalue weighted by molar-refractivity contribution is -0.137. The first-order valence-corrected chi connectivity index (χ1v) is 7.37. The van der Waals surface area contributed by atoms with Gasteiger partial charge in [0.15, 0.2) is 0 Å². The van der Waals surface area contributed by atoms with Gasteiger partial charge in [0, 0.05) is 6.04 Å². The third-order valence-electron chi connectivity index (χ3n) is 4.26. The lowest BCUT2D eigenvalue weighted by Gasteiger charge is -2.27. The zero-order valence-electron chi connectivity index (χ0n) is 11.8. The molecular formula is C16H22F3N. The molecule has 0 radical (unpaired) electrons. The molecule has 112 valence electrons. The number of benzene rings is 1. The van der Waals surface area contributed by atoms with Crippen molar-refractivity contribution in [3.05, 3.63) is 35.4 Å². The Balaban J connectivity index is 2.22. The molecule has 0 saturated heterocycles. The van der Waals surface area contributed by atoms with Gasteiger partial charge in [-0.25, -0.2) is 0 Å². The van der Waals surface area contributed by atoms with Crippen LogP contribution in [0.25, 0.3) is 0 Å². The third kappa shape index (κ3) is 3.75. The summed E-state index contributed by atoms with van der Waals surface area (Å²) < 4.78 is 38.5. The second-order valence-corrected chi connectivity index (χ2v) is 5.64. The molecule has 0 amide bonds. The van der Waals surface area contributed by atoms with E-state index in [-0.39, 0.29) is 6.04 Å². The van der Waals surface area contributed by atoms with Gasteiger partial charge in [-0.05, 0) is 43.5 Å². The lowest BCUT2D eigenvalue weighted by atomic mass is 9.86. The second kappa shape index (κ2) is 6.61. The van der Waals surface area contributed by atoms with Gasteiger partial charge in [0.1, 0.15) is 0 Å². The van der Waals surface area contributed by atoms with Crippen LogP contribution in [0, 0.1) is 5.92 Å². The van der Waals surface area contributed by atoms with Crippen molar-refractivity contribution in [2.75, 3.05) is 7.05 Å². The van der Waals surface area contributed by atoms with E-state index in [4.69, 9.17) is 0 Å². The summed E-state index contributed by atoms with van der Waals surface area (Å²) in [6.45, 7) is 0. The van der Waals surface area contributed by atoms with Crippen LogP contribution in [0.15, 0.2) is 24.3 Å². The number of hydrogen-bond acceptors (Lipinski definition) is 1. The molecule has 1 aliphatic rings. The van der Waals surface area contributed by atoms with Crippen LogP contribution in [0.4, 0.5) is 13.2 Å². The van der Waals surface area contributed by atoms with E-state index >= 15 is 0 Å². The molecule has 1 saturated carbocycles. The highest BCUT2D eigenvalue weighted by Crippen LogP contribution is 2.36. The first kappa shape index (κ1) is 15.4.